The second-order valence-corrected chi connectivity index (χ2v) is 3.85. The summed E-state index contributed by atoms with van der Waals surface area (Å²) in [5.74, 6) is 0.424. The largest absolute Gasteiger partial charge is 0.300 e. The second-order valence-electron chi connectivity index (χ2n) is 3.85. The fourth-order valence-corrected chi connectivity index (χ4v) is 2.13. The maximum Gasteiger partial charge on any atom is 0.134 e. The van der Waals surface area contributed by atoms with Gasteiger partial charge in [-0.05, 0) is 12.8 Å². The first kappa shape index (κ1) is 7.01. The van der Waals surface area contributed by atoms with E-state index in [4.69, 9.17) is 0 Å². The number of ketones is 1. The van der Waals surface area contributed by atoms with Crippen molar-refractivity contribution in [1.29, 1.82) is 0 Å². The fraction of sp³-hybridized carbons (Fsp3) is 0.778. The summed E-state index contributed by atoms with van der Waals surface area (Å²) in [5, 5.41) is 0. The molecule has 1 aliphatic heterocycles. The molecule has 1 unspecified atom stereocenters. The Morgan fingerprint density at radius 2 is 2.27 bits per heavy atom. The summed E-state index contributed by atoms with van der Waals surface area (Å²) in [5.41, 5.74) is 1.46. The van der Waals surface area contributed by atoms with E-state index in [-0.39, 0.29) is 5.41 Å². The van der Waals surface area contributed by atoms with Crippen LogP contribution in [0.2, 0.25) is 0 Å². The van der Waals surface area contributed by atoms with Crippen LogP contribution in [0.25, 0.3) is 0 Å². The van der Waals surface area contributed by atoms with Crippen LogP contribution in [0.1, 0.15) is 32.6 Å². The van der Waals surface area contributed by atoms with Gasteiger partial charge in [0.2, 0.25) is 0 Å². The number of fused-ring (bicyclic) bond motifs is 1. The van der Waals surface area contributed by atoms with Crippen LogP contribution >= 0.6 is 0 Å². The molecule has 1 heterocycles. The van der Waals surface area contributed by atoms with Gasteiger partial charge in [0.1, 0.15) is 5.78 Å². The first-order valence-corrected chi connectivity index (χ1v) is 4.26. The molecule has 0 radical (unpaired) electrons. The molecule has 0 aromatic heterocycles. The number of rotatable bonds is 0. The molecule has 1 fully saturated rings. The number of carbonyl (C=O) groups excluding carboxylic acids is 1. The molecule has 2 heteroatoms. The highest BCUT2D eigenvalue weighted by Gasteiger charge is 2.38. The Hall–Kier alpha value is -0.660. The third kappa shape index (κ3) is 1.01. The zero-order valence-corrected chi connectivity index (χ0v) is 6.89. The number of hydrogen-bond acceptors (Lipinski definition) is 2. The van der Waals surface area contributed by atoms with Crippen LogP contribution in [0.4, 0.5) is 0 Å². The van der Waals surface area contributed by atoms with Crippen molar-refractivity contribution in [1.82, 2.24) is 0 Å². The quantitative estimate of drug-likeness (QED) is 0.517. The zero-order chi connectivity index (χ0) is 7.90. The average Bonchev–Trinajstić information content (AvgIpc) is 2.28. The maximum atomic E-state index is 11.2. The standard InChI is InChI=1S/C9H13NO/c1-9-4-5-10-8(9)3-2-7(11)6-9/h2-6H2,1H3. The van der Waals surface area contributed by atoms with E-state index >= 15 is 0 Å². The van der Waals surface area contributed by atoms with Gasteiger partial charge in [-0.2, -0.15) is 0 Å². The molecule has 60 valence electrons. The van der Waals surface area contributed by atoms with Crippen molar-refractivity contribution in [3.63, 3.8) is 0 Å². The molecule has 0 amide bonds. The van der Waals surface area contributed by atoms with Crippen LogP contribution in [0.3, 0.4) is 0 Å². The number of carbonyl (C=O) groups is 1. The molecule has 0 aromatic carbocycles. The molecule has 2 aliphatic rings. The topological polar surface area (TPSA) is 29.4 Å². The SMILES string of the molecule is CC12CCN=C1CCC(=O)C2. The van der Waals surface area contributed by atoms with Gasteiger partial charge < -0.3 is 0 Å². The van der Waals surface area contributed by atoms with Crippen LogP contribution in [0, 0.1) is 5.41 Å². The van der Waals surface area contributed by atoms with Crippen molar-refractivity contribution < 1.29 is 4.79 Å². The molecular weight excluding hydrogens is 138 g/mol. The van der Waals surface area contributed by atoms with E-state index in [2.05, 4.69) is 11.9 Å². The molecule has 0 spiro atoms. The molecule has 2 nitrogen and oxygen atoms in total. The van der Waals surface area contributed by atoms with Crippen LogP contribution in [-0.2, 0) is 4.79 Å². The minimum atomic E-state index is 0.162. The number of nitrogens with zero attached hydrogens (tertiary/aromatic N) is 1. The molecule has 11 heavy (non-hydrogen) atoms. The molecule has 1 atom stereocenters. The van der Waals surface area contributed by atoms with Crippen molar-refractivity contribution in [3.8, 4) is 0 Å². The van der Waals surface area contributed by atoms with Gasteiger partial charge in [0.15, 0.2) is 0 Å². The van der Waals surface area contributed by atoms with Crippen molar-refractivity contribution >= 4 is 11.5 Å². The molecule has 1 aliphatic carbocycles. The van der Waals surface area contributed by atoms with Gasteiger partial charge in [-0.1, -0.05) is 6.92 Å². The Morgan fingerprint density at radius 3 is 3.09 bits per heavy atom. The average molecular weight is 151 g/mol. The Kier molecular flexibility index (Phi) is 1.38. The molecule has 0 bridgehead atoms. The summed E-state index contributed by atoms with van der Waals surface area (Å²) in [6, 6.07) is 0. The van der Waals surface area contributed by atoms with Gasteiger partial charge in [-0.15, -0.1) is 0 Å². The molecule has 2 rings (SSSR count). The minimum absolute atomic E-state index is 0.162. The van der Waals surface area contributed by atoms with Gasteiger partial charge in [-0.25, -0.2) is 0 Å². The van der Waals surface area contributed by atoms with Crippen molar-refractivity contribution in [2.45, 2.75) is 32.6 Å². The third-order valence-electron chi connectivity index (χ3n) is 2.89. The summed E-state index contributed by atoms with van der Waals surface area (Å²) < 4.78 is 0. The predicted molar refractivity (Wildman–Crippen MR) is 43.9 cm³/mol. The van der Waals surface area contributed by atoms with Crippen molar-refractivity contribution in [2.75, 3.05) is 6.54 Å². The molecule has 0 aromatic rings. The Labute approximate surface area is 66.7 Å². The molecular formula is C9H13NO. The van der Waals surface area contributed by atoms with E-state index in [9.17, 15) is 4.79 Å². The summed E-state index contributed by atoms with van der Waals surface area (Å²) in [6.45, 7) is 3.12. The van der Waals surface area contributed by atoms with Gasteiger partial charge >= 0.3 is 0 Å². The molecule has 0 saturated heterocycles. The van der Waals surface area contributed by atoms with Gasteiger partial charge in [-0.3, -0.25) is 9.79 Å². The van der Waals surface area contributed by atoms with E-state index in [1.807, 2.05) is 0 Å². The van der Waals surface area contributed by atoms with Gasteiger partial charge in [0, 0.05) is 30.5 Å². The number of hydrogen-bond donors (Lipinski definition) is 0. The maximum absolute atomic E-state index is 11.2. The molecule has 0 N–H and O–H groups in total. The smallest absolute Gasteiger partial charge is 0.134 e. The molecule has 1 saturated carbocycles. The van der Waals surface area contributed by atoms with Crippen LogP contribution in [0.5, 0.6) is 0 Å². The van der Waals surface area contributed by atoms with E-state index < -0.39 is 0 Å². The lowest BCUT2D eigenvalue weighted by Gasteiger charge is -2.29. The number of Topliss-reactive ketones (excluding diaryl/α,β-unsaturated/α-hetero) is 1. The monoisotopic (exact) mass is 151 g/mol. The normalized spacial score (nSPS) is 36.8. The fourth-order valence-electron chi connectivity index (χ4n) is 2.13. The Morgan fingerprint density at radius 1 is 1.45 bits per heavy atom. The van der Waals surface area contributed by atoms with Crippen molar-refractivity contribution in [2.24, 2.45) is 10.4 Å². The summed E-state index contributed by atoms with van der Waals surface area (Å²) in [4.78, 5) is 15.6. The third-order valence-corrected chi connectivity index (χ3v) is 2.89. The van der Waals surface area contributed by atoms with E-state index in [0.717, 1.165) is 32.2 Å². The first-order chi connectivity index (χ1) is 5.21. The lowest BCUT2D eigenvalue weighted by Crippen LogP contribution is -2.32. The highest BCUT2D eigenvalue weighted by Crippen LogP contribution is 2.38. The van der Waals surface area contributed by atoms with Crippen molar-refractivity contribution in [3.05, 3.63) is 0 Å². The lowest BCUT2D eigenvalue weighted by molar-refractivity contribution is -0.120. The Balaban J connectivity index is 2.25. The van der Waals surface area contributed by atoms with E-state index in [1.165, 1.54) is 5.71 Å². The zero-order valence-electron chi connectivity index (χ0n) is 6.89. The number of aliphatic imine (C=N–C) groups is 1. The van der Waals surface area contributed by atoms with Crippen LogP contribution in [0.15, 0.2) is 4.99 Å². The predicted octanol–water partition coefficient (Wildman–Crippen LogP) is 1.59. The summed E-state index contributed by atoms with van der Waals surface area (Å²) in [6.07, 6.45) is 3.49. The highest BCUT2D eigenvalue weighted by molar-refractivity contribution is 6.00. The van der Waals surface area contributed by atoms with Gasteiger partial charge in [0.25, 0.3) is 0 Å². The highest BCUT2D eigenvalue weighted by atomic mass is 16.1. The Bertz CT molecular complexity index is 232. The second kappa shape index (κ2) is 2.16. The summed E-state index contributed by atoms with van der Waals surface area (Å²) in [7, 11) is 0. The van der Waals surface area contributed by atoms with E-state index in [1.54, 1.807) is 0 Å². The summed E-state index contributed by atoms with van der Waals surface area (Å²) >= 11 is 0. The van der Waals surface area contributed by atoms with Gasteiger partial charge in [0.05, 0.1) is 0 Å². The van der Waals surface area contributed by atoms with Crippen LogP contribution in [-0.4, -0.2) is 18.0 Å². The minimum Gasteiger partial charge on any atom is -0.300 e. The van der Waals surface area contributed by atoms with E-state index in [0.29, 0.717) is 5.78 Å². The van der Waals surface area contributed by atoms with Crippen LogP contribution < -0.4 is 0 Å². The first-order valence-electron chi connectivity index (χ1n) is 4.26. The lowest BCUT2D eigenvalue weighted by atomic mass is 9.73.